The summed E-state index contributed by atoms with van der Waals surface area (Å²) in [6.45, 7) is 0. The molecule has 0 radical (unpaired) electrons. The van der Waals surface area contributed by atoms with E-state index in [-0.39, 0.29) is 11.3 Å². The zero-order valence-electron chi connectivity index (χ0n) is 8.73. The molecule has 0 aromatic heterocycles. The van der Waals surface area contributed by atoms with Gasteiger partial charge in [-0.25, -0.2) is 4.79 Å². The molecule has 0 spiro atoms. The quantitative estimate of drug-likeness (QED) is 0.715. The normalized spacial score (nSPS) is 16.9. The average molecular weight is 224 g/mol. The summed E-state index contributed by atoms with van der Waals surface area (Å²) in [6, 6.07) is 2.75. The maximum absolute atomic E-state index is 10.9. The van der Waals surface area contributed by atoms with Gasteiger partial charge in [-0.3, -0.25) is 0 Å². The molecule has 1 fully saturated rings. The number of benzene rings is 1. The standard InChI is InChI=1S/C11H12O5/c1-16-8-5-6(11(15)2-3-11)4-7(9(8)12)10(13)14/h4-5,12,15H,2-3H2,1H3,(H,13,14). The van der Waals surface area contributed by atoms with Gasteiger partial charge < -0.3 is 20.1 Å². The first-order valence-electron chi connectivity index (χ1n) is 4.85. The smallest absolute Gasteiger partial charge is 0.339 e. The number of aromatic hydroxyl groups is 1. The molecule has 2 rings (SSSR count). The highest BCUT2D eigenvalue weighted by Crippen LogP contribution is 2.48. The van der Waals surface area contributed by atoms with Crippen molar-refractivity contribution in [3.05, 3.63) is 23.3 Å². The molecule has 16 heavy (non-hydrogen) atoms. The largest absolute Gasteiger partial charge is 0.504 e. The Morgan fingerprint density at radius 2 is 2.06 bits per heavy atom. The second-order valence-corrected chi connectivity index (χ2v) is 3.91. The Hall–Kier alpha value is -1.75. The van der Waals surface area contributed by atoms with Gasteiger partial charge >= 0.3 is 5.97 Å². The lowest BCUT2D eigenvalue weighted by Gasteiger charge is -2.13. The number of aromatic carboxylic acids is 1. The van der Waals surface area contributed by atoms with Gasteiger partial charge in [-0.15, -0.1) is 0 Å². The predicted molar refractivity (Wildman–Crippen MR) is 54.7 cm³/mol. The molecule has 0 atom stereocenters. The minimum absolute atomic E-state index is 0.0650. The summed E-state index contributed by atoms with van der Waals surface area (Å²) in [4.78, 5) is 10.9. The molecule has 86 valence electrons. The van der Waals surface area contributed by atoms with E-state index in [0.29, 0.717) is 18.4 Å². The average Bonchev–Trinajstić information content (AvgIpc) is 2.97. The van der Waals surface area contributed by atoms with E-state index in [1.54, 1.807) is 0 Å². The molecule has 1 aromatic carbocycles. The Kier molecular flexibility index (Phi) is 2.27. The lowest BCUT2D eigenvalue weighted by Crippen LogP contribution is -2.08. The van der Waals surface area contributed by atoms with E-state index in [1.807, 2.05) is 0 Å². The van der Waals surface area contributed by atoms with Gasteiger partial charge in [-0.05, 0) is 30.5 Å². The maximum Gasteiger partial charge on any atom is 0.339 e. The summed E-state index contributed by atoms with van der Waals surface area (Å²) in [7, 11) is 1.33. The van der Waals surface area contributed by atoms with E-state index in [0.717, 1.165) is 0 Å². The third-order valence-electron chi connectivity index (χ3n) is 2.79. The number of rotatable bonds is 3. The van der Waals surface area contributed by atoms with E-state index in [4.69, 9.17) is 9.84 Å². The molecular weight excluding hydrogens is 212 g/mol. The number of phenols is 1. The lowest BCUT2D eigenvalue weighted by molar-refractivity contribution is 0.0692. The molecule has 0 heterocycles. The van der Waals surface area contributed by atoms with Crippen molar-refractivity contribution in [2.45, 2.75) is 18.4 Å². The maximum atomic E-state index is 10.9. The number of methoxy groups -OCH3 is 1. The van der Waals surface area contributed by atoms with E-state index in [2.05, 4.69) is 0 Å². The van der Waals surface area contributed by atoms with Crippen LogP contribution >= 0.6 is 0 Å². The third-order valence-corrected chi connectivity index (χ3v) is 2.79. The summed E-state index contributed by atoms with van der Waals surface area (Å²) >= 11 is 0. The van der Waals surface area contributed by atoms with Crippen LogP contribution in [0, 0.1) is 0 Å². The van der Waals surface area contributed by atoms with Gasteiger partial charge in [0.15, 0.2) is 11.5 Å². The number of carboxylic acids is 1. The summed E-state index contributed by atoms with van der Waals surface area (Å²) in [6.07, 6.45) is 1.19. The fourth-order valence-corrected chi connectivity index (χ4v) is 1.60. The highest BCUT2D eigenvalue weighted by Gasteiger charge is 2.43. The number of carboxylic acid groups (broad SMARTS) is 1. The molecule has 1 aliphatic rings. The highest BCUT2D eigenvalue weighted by atomic mass is 16.5. The summed E-state index contributed by atoms with van der Waals surface area (Å²) in [5.74, 6) is -1.60. The van der Waals surface area contributed by atoms with E-state index < -0.39 is 17.3 Å². The molecule has 1 aromatic rings. The van der Waals surface area contributed by atoms with Gasteiger partial charge in [0.2, 0.25) is 0 Å². The van der Waals surface area contributed by atoms with Crippen molar-refractivity contribution in [1.82, 2.24) is 0 Å². The lowest BCUT2D eigenvalue weighted by atomic mass is 10.0. The van der Waals surface area contributed by atoms with Gasteiger partial charge in [0.1, 0.15) is 5.56 Å². The first-order chi connectivity index (χ1) is 7.48. The van der Waals surface area contributed by atoms with Gasteiger partial charge in [-0.1, -0.05) is 0 Å². The van der Waals surface area contributed by atoms with Crippen LogP contribution in [-0.4, -0.2) is 28.4 Å². The van der Waals surface area contributed by atoms with Crippen LogP contribution < -0.4 is 4.74 Å². The van der Waals surface area contributed by atoms with Gasteiger partial charge in [0.05, 0.1) is 12.7 Å². The summed E-state index contributed by atoms with van der Waals surface area (Å²) in [5, 5.41) is 28.4. The first-order valence-corrected chi connectivity index (χ1v) is 4.85. The fourth-order valence-electron chi connectivity index (χ4n) is 1.60. The molecule has 0 bridgehead atoms. The van der Waals surface area contributed by atoms with Crippen LogP contribution in [0.4, 0.5) is 0 Å². The molecule has 3 N–H and O–H groups in total. The van der Waals surface area contributed by atoms with Crippen LogP contribution in [0.25, 0.3) is 0 Å². The Bertz CT molecular complexity index is 448. The number of aliphatic hydroxyl groups is 1. The molecule has 0 saturated heterocycles. The number of carbonyl (C=O) groups is 1. The van der Waals surface area contributed by atoms with Crippen LogP contribution in [0.5, 0.6) is 11.5 Å². The SMILES string of the molecule is COc1cc(C2(O)CC2)cc(C(=O)O)c1O. The van der Waals surface area contributed by atoms with Crippen molar-refractivity contribution in [2.75, 3.05) is 7.11 Å². The molecule has 5 nitrogen and oxygen atoms in total. The van der Waals surface area contributed by atoms with Crippen molar-refractivity contribution in [1.29, 1.82) is 0 Å². The first kappa shape index (κ1) is 10.8. The Morgan fingerprint density at radius 3 is 2.50 bits per heavy atom. The minimum Gasteiger partial charge on any atom is -0.504 e. The Labute approximate surface area is 91.9 Å². The molecular formula is C11H12O5. The Morgan fingerprint density at radius 1 is 1.44 bits per heavy atom. The van der Waals surface area contributed by atoms with Crippen LogP contribution in [0.15, 0.2) is 12.1 Å². The second-order valence-electron chi connectivity index (χ2n) is 3.91. The van der Waals surface area contributed by atoms with E-state index >= 15 is 0 Å². The van der Waals surface area contributed by atoms with Gasteiger partial charge in [-0.2, -0.15) is 0 Å². The van der Waals surface area contributed by atoms with Gasteiger partial charge in [0, 0.05) is 0 Å². The van der Waals surface area contributed by atoms with Crippen molar-refractivity contribution in [3.63, 3.8) is 0 Å². The molecule has 0 amide bonds. The Balaban J connectivity index is 2.57. The topological polar surface area (TPSA) is 87.0 Å². The number of hydrogen-bond acceptors (Lipinski definition) is 4. The van der Waals surface area contributed by atoms with Crippen LogP contribution in [0.3, 0.4) is 0 Å². The molecule has 1 aliphatic carbocycles. The van der Waals surface area contributed by atoms with Crippen molar-refractivity contribution in [3.8, 4) is 11.5 Å². The molecule has 1 saturated carbocycles. The highest BCUT2D eigenvalue weighted by molar-refractivity contribution is 5.92. The fraction of sp³-hybridized carbons (Fsp3) is 0.364. The zero-order valence-corrected chi connectivity index (χ0v) is 8.73. The van der Waals surface area contributed by atoms with Crippen LogP contribution in [0.1, 0.15) is 28.8 Å². The van der Waals surface area contributed by atoms with E-state index in [9.17, 15) is 15.0 Å². The zero-order chi connectivity index (χ0) is 11.9. The second kappa shape index (κ2) is 3.38. The molecule has 5 heteroatoms. The third kappa shape index (κ3) is 1.59. The van der Waals surface area contributed by atoms with Crippen LogP contribution in [-0.2, 0) is 5.60 Å². The van der Waals surface area contributed by atoms with Crippen molar-refractivity contribution in [2.24, 2.45) is 0 Å². The molecule has 0 aliphatic heterocycles. The number of ether oxygens (including phenoxy) is 1. The minimum atomic E-state index is -1.25. The summed E-state index contributed by atoms with van der Waals surface area (Å²) < 4.78 is 4.87. The van der Waals surface area contributed by atoms with E-state index in [1.165, 1.54) is 19.2 Å². The molecule has 0 unspecified atom stereocenters. The summed E-state index contributed by atoms with van der Waals surface area (Å²) in [5.41, 5.74) is -0.736. The van der Waals surface area contributed by atoms with Crippen molar-refractivity contribution < 1.29 is 24.9 Å². The monoisotopic (exact) mass is 224 g/mol. The number of hydrogen-bond donors (Lipinski definition) is 3. The van der Waals surface area contributed by atoms with Crippen LogP contribution in [0.2, 0.25) is 0 Å². The van der Waals surface area contributed by atoms with Gasteiger partial charge in [0.25, 0.3) is 0 Å². The predicted octanol–water partition coefficient (Wildman–Crippen LogP) is 1.08. The van der Waals surface area contributed by atoms with Crippen molar-refractivity contribution >= 4 is 5.97 Å².